The number of rotatable bonds is 6. The number of hydrogen-bond donors (Lipinski definition) is 6. The summed E-state index contributed by atoms with van der Waals surface area (Å²) < 4.78 is 31.6. The van der Waals surface area contributed by atoms with Gasteiger partial charge in [0, 0.05) is 25.4 Å². The Morgan fingerprint density at radius 2 is 1.06 bits per heavy atom. The van der Waals surface area contributed by atoms with E-state index in [9.17, 15) is 0 Å². The maximum absolute atomic E-state index is 8.74. The van der Waals surface area contributed by atoms with E-state index in [4.69, 9.17) is 38.6 Å². The number of hydrogen-bond acceptors (Lipinski definition) is 6. The first kappa shape index (κ1) is 18.1. The van der Waals surface area contributed by atoms with Crippen LogP contribution in [0.2, 0.25) is 0 Å². The van der Waals surface area contributed by atoms with Gasteiger partial charge in [0.25, 0.3) is 0 Å². The first-order valence-corrected chi connectivity index (χ1v) is 5.89. The van der Waals surface area contributed by atoms with Crippen molar-refractivity contribution in [1.82, 2.24) is 0 Å². The van der Waals surface area contributed by atoms with Crippen LogP contribution in [0.4, 0.5) is 0 Å². The van der Waals surface area contributed by atoms with Crippen molar-refractivity contribution < 1.29 is 32.8 Å². The highest BCUT2D eigenvalue weighted by Crippen LogP contribution is 2.15. The van der Waals surface area contributed by atoms with Gasteiger partial charge in [0.05, 0.1) is 0 Å². The normalized spacial score (nSPS) is 11.9. The summed E-state index contributed by atoms with van der Waals surface area (Å²) >= 11 is 0. The number of aliphatic hydroxyl groups is 3. The van der Waals surface area contributed by atoms with Gasteiger partial charge >= 0.3 is 10.4 Å². The average Bonchev–Trinajstić information content (AvgIpc) is 2.01. The fraction of sp³-hybridized carbons (Fsp3) is 1.00. The second-order valence-corrected chi connectivity index (χ2v) is 4.13. The molecular weight excluding hydrogens is 242 g/mol. The van der Waals surface area contributed by atoms with Crippen LogP contribution in [-0.4, -0.2) is 58.2 Å². The minimum Gasteiger partial charge on any atom is -0.396 e. The van der Waals surface area contributed by atoms with Crippen LogP contribution < -0.4 is 5.73 Å². The molecule has 0 bridgehead atoms. The fourth-order valence-corrected chi connectivity index (χ4v) is 1.04. The highest BCUT2D eigenvalue weighted by atomic mass is 32.3. The lowest BCUT2D eigenvalue weighted by Gasteiger charge is -2.26. The third-order valence-electron chi connectivity index (χ3n) is 1.83. The van der Waals surface area contributed by atoms with E-state index in [0.29, 0.717) is 19.3 Å². The quantitative estimate of drug-likeness (QED) is 0.304. The molecule has 0 fully saturated rings. The Balaban J connectivity index is 0. The molecule has 8 nitrogen and oxygen atoms in total. The Hall–Kier alpha value is -0.290. The molecule has 0 aromatic rings. The van der Waals surface area contributed by atoms with Crippen molar-refractivity contribution in [1.29, 1.82) is 0 Å². The van der Waals surface area contributed by atoms with Crippen molar-refractivity contribution in [3.63, 3.8) is 0 Å². The first-order chi connectivity index (χ1) is 7.18. The molecule has 0 aromatic heterocycles. The first-order valence-electron chi connectivity index (χ1n) is 4.50. The molecule has 0 radical (unpaired) electrons. The van der Waals surface area contributed by atoms with Gasteiger partial charge in [-0.25, -0.2) is 0 Å². The molecular formula is C7H19NO7S. The Bertz CT molecular complexity index is 228. The molecule has 0 amide bonds. The standard InChI is InChI=1S/C7H17NO3.H2O4S/c8-7(1-4-9,2-5-10)3-6-11;1-5(2,3)4/h9-11H,1-6,8H2;(H2,1,2,3,4). The molecule has 0 aliphatic rings. The Morgan fingerprint density at radius 1 is 0.875 bits per heavy atom. The summed E-state index contributed by atoms with van der Waals surface area (Å²) in [5.74, 6) is 0. The van der Waals surface area contributed by atoms with Gasteiger partial charge in [0.1, 0.15) is 0 Å². The van der Waals surface area contributed by atoms with Crippen molar-refractivity contribution in [2.75, 3.05) is 19.8 Å². The Kier molecular flexibility index (Phi) is 9.96. The summed E-state index contributed by atoms with van der Waals surface area (Å²) in [5, 5.41) is 25.8. The van der Waals surface area contributed by atoms with Gasteiger partial charge in [-0.1, -0.05) is 0 Å². The van der Waals surface area contributed by atoms with Crippen LogP contribution >= 0.6 is 0 Å². The summed E-state index contributed by atoms with van der Waals surface area (Å²) in [6, 6.07) is 0. The Labute approximate surface area is 94.3 Å². The number of nitrogens with two attached hydrogens (primary N) is 1. The molecule has 0 unspecified atom stereocenters. The largest absolute Gasteiger partial charge is 0.396 e. The number of aliphatic hydroxyl groups excluding tert-OH is 3. The van der Waals surface area contributed by atoms with Crippen molar-refractivity contribution in [2.45, 2.75) is 24.8 Å². The highest BCUT2D eigenvalue weighted by molar-refractivity contribution is 7.79. The lowest BCUT2D eigenvalue weighted by molar-refractivity contribution is 0.160. The smallest absolute Gasteiger partial charge is 0.394 e. The van der Waals surface area contributed by atoms with Gasteiger partial charge in [-0.3, -0.25) is 9.11 Å². The third-order valence-corrected chi connectivity index (χ3v) is 1.83. The summed E-state index contributed by atoms with van der Waals surface area (Å²) in [6.45, 7) is -0.0104. The SMILES string of the molecule is NC(CCO)(CCO)CCO.O=S(=O)(O)O. The second-order valence-electron chi connectivity index (χ2n) is 3.23. The molecule has 0 saturated carbocycles. The molecule has 0 saturated heterocycles. The molecule has 16 heavy (non-hydrogen) atoms. The maximum atomic E-state index is 8.74. The lowest BCUT2D eigenvalue weighted by Crippen LogP contribution is -2.42. The summed E-state index contributed by atoms with van der Waals surface area (Å²) in [7, 11) is -4.67. The van der Waals surface area contributed by atoms with Crippen LogP contribution in [0.25, 0.3) is 0 Å². The second kappa shape index (κ2) is 8.82. The van der Waals surface area contributed by atoms with E-state index in [-0.39, 0.29) is 19.8 Å². The van der Waals surface area contributed by atoms with Gasteiger partial charge < -0.3 is 21.1 Å². The van der Waals surface area contributed by atoms with E-state index >= 15 is 0 Å². The van der Waals surface area contributed by atoms with E-state index < -0.39 is 15.9 Å². The predicted molar refractivity (Wildman–Crippen MR) is 56.2 cm³/mol. The topological polar surface area (TPSA) is 161 Å². The molecule has 0 aliphatic heterocycles. The van der Waals surface area contributed by atoms with Crippen LogP contribution in [0.15, 0.2) is 0 Å². The van der Waals surface area contributed by atoms with Crippen LogP contribution in [0.5, 0.6) is 0 Å². The molecule has 0 heterocycles. The Morgan fingerprint density at radius 3 is 1.19 bits per heavy atom. The van der Waals surface area contributed by atoms with E-state index in [1.807, 2.05) is 0 Å². The molecule has 0 rings (SSSR count). The minimum atomic E-state index is -4.67. The molecule has 100 valence electrons. The predicted octanol–water partition coefficient (Wildman–Crippen LogP) is -1.82. The maximum Gasteiger partial charge on any atom is 0.394 e. The molecule has 0 atom stereocenters. The minimum absolute atomic E-state index is 0.00347. The molecule has 0 aromatic carbocycles. The van der Waals surface area contributed by atoms with Crippen molar-refractivity contribution in [3.05, 3.63) is 0 Å². The molecule has 9 heteroatoms. The fourth-order valence-electron chi connectivity index (χ4n) is 1.04. The van der Waals surface area contributed by atoms with Crippen LogP contribution in [0.3, 0.4) is 0 Å². The van der Waals surface area contributed by atoms with E-state index in [1.165, 1.54) is 0 Å². The van der Waals surface area contributed by atoms with E-state index in [2.05, 4.69) is 0 Å². The van der Waals surface area contributed by atoms with Crippen LogP contribution in [0.1, 0.15) is 19.3 Å². The zero-order chi connectivity index (χ0) is 13.2. The van der Waals surface area contributed by atoms with E-state index in [0.717, 1.165) is 0 Å². The molecule has 0 spiro atoms. The van der Waals surface area contributed by atoms with Gasteiger partial charge in [-0.15, -0.1) is 0 Å². The van der Waals surface area contributed by atoms with Gasteiger partial charge in [0.15, 0.2) is 0 Å². The van der Waals surface area contributed by atoms with Crippen molar-refractivity contribution in [2.24, 2.45) is 5.73 Å². The van der Waals surface area contributed by atoms with Crippen LogP contribution in [0, 0.1) is 0 Å². The summed E-state index contributed by atoms with van der Waals surface area (Å²) in [6.07, 6.45) is 1.27. The summed E-state index contributed by atoms with van der Waals surface area (Å²) in [4.78, 5) is 0. The van der Waals surface area contributed by atoms with Crippen LogP contribution in [-0.2, 0) is 10.4 Å². The summed E-state index contributed by atoms with van der Waals surface area (Å²) in [5.41, 5.74) is 5.15. The zero-order valence-electron chi connectivity index (χ0n) is 8.78. The lowest BCUT2D eigenvalue weighted by atomic mass is 9.90. The third kappa shape index (κ3) is 16.2. The van der Waals surface area contributed by atoms with Gasteiger partial charge in [-0.05, 0) is 19.3 Å². The molecule has 7 N–H and O–H groups in total. The highest BCUT2D eigenvalue weighted by Gasteiger charge is 2.22. The zero-order valence-corrected chi connectivity index (χ0v) is 9.60. The monoisotopic (exact) mass is 261 g/mol. The van der Waals surface area contributed by atoms with Crippen molar-refractivity contribution >= 4 is 10.4 Å². The van der Waals surface area contributed by atoms with Gasteiger partial charge in [-0.2, -0.15) is 8.42 Å². The van der Waals surface area contributed by atoms with E-state index in [1.54, 1.807) is 0 Å². The average molecular weight is 261 g/mol. The van der Waals surface area contributed by atoms with Gasteiger partial charge in [0.2, 0.25) is 0 Å². The molecule has 0 aliphatic carbocycles. The van der Waals surface area contributed by atoms with Crippen molar-refractivity contribution in [3.8, 4) is 0 Å².